The van der Waals surface area contributed by atoms with Crippen molar-refractivity contribution >= 4 is 57.1 Å². The first kappa shape index (κ1) is 33.6. The normalized spacial score (nSPS) is 14.6. The van der Waals surface area contributed by atoms with E-state index in [1.807, 2.05) is 0 Å². The Hall–Kier alpha value is -4.72. The standard InChI is InChI=1S/C33H36FN5O7S/c1-19(40)47-18-29(41)37-12-3-2-4-14-45-28-17-25-22(16-23(28)30(35)42)26(9-13-36-25)46-27-8-7-21(15-24(27)34)39-32(44)33(10-11-33)31(43)38-20-5-6-20/h7-9,13,15-17,20H,2-6,10-12,14,18H2,1H3,(H2,35,42)(H,37,41)(H,38,43)(H,39,44). The Morgan fingerprint density at radius 3 is 2.47 bits per heavy atom. The first-order chi connectivity index (χ1) is 22.6. The monoisotopic (exact) mass is 665 g/mol. The second kappa shape index (κ2) is 14.8. The fraction of sp³-hybridized carbons (Fsp3) is 0.394. The van der Waals surface area contributed by atoms with Crippen molar-refractivity contribution in [3.05, 3.63) is 54.0 Å². The van der Waals surface area contributed by atoms with E-state index < -0.39 is 23.0 Å². The van der Waals surface area contributed by atoms with Gasteiger partial charge in [0.05, 0.1) is 23.4 Å². The fourth-order valence-corrected chi connectivity index (χ4v) is 5.28. The Kier molecular flexibility index (Phi) is 10.6. The predicted octanol–water partition coefficient (Wildman–Crippen LogP) is 4.21. The van der Waals surface area contributed by atoms with Crippen LogP contribution in [0.15, 0.2) is 42.6 Å². The van der Waals surface area contributed by atoms with E-state index in [4.69, 9.17) is 15.2 Å². The van der Waals surface area contributed by atoms with Gasteiger partial charge < -0.3 is 31.2 Å². The largest absolute Gasteiger partial charge is 0.493 e. The van der Waals surface area contributed by atoms with Crippen LogP contribution in [0.4, 0.5) is 10.1 Å². The molecule has 2 aliphatic carbocycles. The van der Waals surface area contributed by atoms with E-state index in [1.165, 1.54) is 37.4 Å². The Balaban J connectivity index is 1.18. The second-order valence-electron chi connectivity index (χ2n) is 11.6. The molecule has 14 heteroatoms. The van der Waals surface area contributed by atoms with Gasteiger partial charge in [-0.15, -0.1) is 0 Å². The summed E-state index contributed by atoms with van der Waals surface area (Å²) in [5.41, 5.74) is 5.26. The number of thioether (sulfide) groups is 1. The zero-order valence-electron chi connectivity index (χ0n) is 25.9. The van der Waals surface area contributed by atoms with E-state index in [9.17, 15) is 24.0 Å². The summed E-state index contributed by atoms with van der Waals surface area (Å²) in [7, 11) is 0. The Bertz CT molecular complexity index is 1710. The summed E-state index contributed by atoms with van der Waals surface area (Å²) < 4.78 is 26.9. The molecule has 2 aliphatic rings. The van der Waals surface area contributed by atoms with E-state index in [0.29, 0.717) is 43.1 Å². The Morgan fingerprint density at radius 1 is 1.00 bits per heavy atom. The molecular weight excluding hydrogens is 629 g/mol. The molecule has 12 nitrogen and oxygen atoms in total. The predicted molar refractivity (Wildman–Crippen MR) is 174 cm³/mol. The number of benzene rings is 2. The molecule has 0 unspecified atom stereocenters. The zero-order chi connectivity index (χ0) is 33.6. The van der Waals surface area contributed by atoms with Crippen molar-refractivity contribution < 1.29 is 37.8 Å². The summed E-state index contributed by atoms with van der Waals surface area (Å²) in [6, 6.07) is 8.68. The van der Waals surface area contributed by atoms with E-state index in [-0.39, 0.29) is 63.8 Å². The number of rotatable bonds is 16. The van der Waals surface area contributed by atoms with Crippen molar-refractivity contribution in [2.24, 2.45) is 11.1 Å². The van der Waals surface area contributed by atoms with Gasteiger partial charge in [-0.3, -0.25) is 29.0 Å². The number of carbonyl (C=O) groups excluding carboxylic acids is 5. The van der Waals surface area contributed by atoms with Crippen molar-refractivity contribution in [2.75, 3.05) is 24.2 Å². The van der Waals surface area contributed by atoms with Gasteiger partial charge >= 0.3 is 0 Å². The lowest BCUT2D eigenvalue weighted by atomic mass is 10.0. The van der Waals surface area contributed by atoms with E-state index in [1.54, 1.807) is 6.07 Å². The van der Waals surface area contributed by atoms with Crippen molar-refractivity contribution in [1.29, 1.82) is 0 Å². The molecule has 0 saturated heterocycles. The number of aromatic nitrogens is 1. The minimum absolute atomic E-state index is 0.0983. The molecule has 5 rings (SSSR count). The van der Waals surface area contributed by atoms with Crippen LogP contribution >= 0.6 is 11.8 Å². The van der Waals surface area contributed by atoms with Crippen LogP contribution in [0, 0.1) is 11.2 Å². The van der Waals surface area contributed by atoms with Crippen LogP contribution in [-0.4, -0.2) is 58.7 Å². The Labute approximate surface area is 274 Å². The van der Waals surface area contributed by atoms with Gasteiger partial charge in [-0.05, 0) is 69.2 Å². The molecule has 3 aromatic rings. The van der Waals surface area contributed by atoms with Gasteiger partial charge in [0, 0.05) is 48.9 Å². The van der Waals surface area contributed by atoms with Gasteiger partial charge in [-0.25, -0.2) is 4.39 Å². The van der Waals surface area contributed by atoms with Crippen LogP contribution < -0.4 is 31.2 Å². The molecule has 1 heterocycles. The highest BCUT2D eigenvalue weighted by Crippen LogP contribution is 2.47. The quantitative estimate of drug-likeness (QED) is 0.129. The number of unbranched alkanes of at least 4 members (excludes halogenated alkanes) is 2. The van der Waals surface area contributed by atoms with Crippen LogP contribution in [0.2, 0.25) is 0 Å². The number of nitrogens with zero attached hydrogens (tertiary/aromatic N) is 1. The van der Waals surface area contributed by atoms with Crippen LogP contribution in [0.25, 0.3) is 10.9 Å². The molecule has 0 aliphatic heterocycles. The molecule has 5 N–H and O–H groups in total. The number of nitrogens with one attached hydrogen (secondary N) is 3. The average molecular weight is 666 g/mol. The minimum atomic E-state index is -1.11. The van der Waals surface area contributed by atoms with Crippen molar-refractivity contribution in [2.45, 2.75) is 57.9 Å². The third-order valence-corrected chi connectivity index (χ3v) is 8.63. The molecule has 4 amide bonds. The van der Waals surface area contributed by atoms with Gasteiger partial charge in [0.15, 0.2) is 16.7 Å². The zero-order valence-corrected chi connectivity index (χ0v) is 26.7. The summed E-state index contributed by atoms with van der Waals surface area (Å²) in [6.45, 7) is 2.18. The Morgan fingerprint density at radius 2 is 1.79 bits per heavy atom. The molecule has 248 valence electrons. The molecule has 2 fully saturated rings. The number of carbonyl (C=O) groups is 5. The smallest absolute Gasteiger partial charge is 0.252 e. The first-order valence-electron chi connectivity index (χ1n) is 15.4. The SMILES string of the molecule is CC(=O)SCC(=O)NCCCCCOc1cc2nccc(Oc3ccc(NC(=O)C4(C(=O)NC5CC5)CC4)cc3F)c2cc1C(N)=O. The van der Waals surface area contributed by atoms with Gasteiger partial charge in [0.2, 0.25) is 17.7 Å². The maximum absolute atomic E-state index is 15.2. The number of fused-ring (bicyclic) bond motifs is 1. The summed E-state index contributed by atoms with van der Waals surface area (Å²) in [4.78, 5) is 64.7. The summed E-state index contributed by atoms with van der Waals surface area (Å²) in [5, 5.41) is 8.58. The van der Waals surface area contributed by atoms with Crippen LogP contribution in [0.3, 0.4) is 0 Å². The molecule has 0 spiro atoms. The molecule has 47 heavy (non-hydrogen) atoms. The third-order valence-electron chi connectivity index (χ3n) is 7.82. The van der Waals surface area contributed by atoms with E-state index >= 15 is 4.39 Å². The number of amides is 4. The van der Waals surface area contributed by atoms with Gasteiger partial charge in [-0.1, -0.05) is 11.8 Å². The third kappa shape index (κ3) is 8.76. The average Bonchev–Trinajstić information content (AvgIpc) is 3.96. The maximum atomic E-state index is 15.2. The number of ether oxygens (including phenoxy) is 2. The first-order valence-corrected chi connectivity index (χ1v) is 16.4. The molecule has 1 aromatic heterocycles. The molecule has 2 aromatic carbocycles. The van der Waals surface area contributed by atoms with Gasteiger partial charge in [-0.2, -0.15) is 0 Å². The van der Waals surface area contributed by atoms with Gasteiger partial charge in [0.1, 0.15) is 16.9 Å². The number of nitrogens with two attached hydrogens (primary N) is 1. The lowest BCUT2D eigenvalue weighted by molar-refractivity contribution is -0.134. The number of anilines is 1. The van der Waals surface area contributed by atoms with E-state index in [0.717, 1.165) is 37.1 Å². The highest BCUT2D eigenvalue weighted by molar-refractivity contribution is 8.14. The van der Waals surface area contributed by atoms with Crippen LogP contribution in [0.1, 0.15) is 62.2 Å². The van der Waals surface area contributed by atoms with Crippen LogP contribution in [-0.2, 0) is 19.2 Å². The summed E-state index contributed by atoms with van der Waals surface area (Å²) >= 11 is 0.961. The van der Waals surface area contributed by atoms with Gasteiger partial charge in [0.25, 0.3) is 5.91 Å². The topological polar surface area (TPSA) is 179 Å². The summed E-state index contributed by atoms with van der Waals surface area (Å²) in [6.07, 6.45) is 6.31. The maximum Gasteiger partial charge on any atom is 0.252 e. The number of hydrogen-bond donors (Lipinski definition) is 4. The molecule has 0 atom stereocenters. The molecule has 0 bridgehead atoms. The second-order valence-corrected chi connectivity index (χ2v) is 12.8. The number of halogens is 1. The number of hydrogen-bond acceptors (Lipinski definition) is 9. The van der Waals surface area contributed by atoms with E-state index in [2.05, 4.69) is 20.9 Å². The van der Waals surface area contributed by atoms with Crippen LogP contribution in [0.5, 0.6) is 17.2 Å². The highest BCUT2D eigenvalue weighted by atomic mass is 32.2. The van der Waals surface area contributed by atoms with Crippen molar-refractivity contribution in [3.63, 3.8) is 0 Å². The molecule has 0 radical (unpaired) electrons. The fourth-order valence-electron chi connectivity index (χ4n) is 4.85. The minimum Gasteiger partial charge on any atom is -0.493 e. The highest BCUT2D eigenvalue weighted by Gasteiger charge is 2.57. The number of pyridine rings is 1. The molecule has 2 saturated carbocycles. The van der Waals surface area contributed by atoms with Crippen molar-refractivity contribution in [3.8, 4) is 17.2 Å². The lowest BCUT2D eigenvalue weighted by Crippen LogP contribution is -2.40. The molecular formula is C33H36FN5O7S. The lowest BCUT2D eigenvalue weighted by Gasteiger charge is -2.16. The summed E-state index contributed by atoms with van der Waals surface area (Å²) in [5.74, 6) is -1.98. The van der Waals surface area contributed by atoms with Crippen molar-refractivity contribution in [1.82, 2.24) is 15.6 Å². The number of primary amides is 1.